The summed E-state index contributed by atoms with van der Waals surface area (Å²) in [6, 6.07) is 1.74. The monoisotopic (exact) mass is 385 g/mol. The molecule has 2 aliphatic carbocycles. The number of esters is 1. The summed E-state index contributed by atoms with van der Waals surface area (Å²) in [5.41, 5.74) is -0.708. The summed E-state index contributed by atoms with van der Waals surface area (Å²) in [5.74, 6) is -3.36. The highest BCUT2D eigenvalue weighted by Crippen LogP contribution is 2.22. The number of ether oxygens (including phenoxy) is 1. The van der Waals surface area contributed by atoms with E-state index in [1.54, 1.807) is 20.8 Å². The van der Waals surface area contributed by atoms with E-state index in [2.05, 4.69) is 5.32 Å². The predicted octanol–water partition coefficient (Wildman–Crippen LogP) is 3.65. The van der Waals surface area contributed by atoms with Gasteiger partial charge in [0.05, 0.1) is 0 Å². The van der Waals surface area contributed by atoms with Crippen LogP contribution >= 0.6 is 0 Å². The minimum Gasteiger partial charge on any atom is -0.481 e. The van der Waals surface area contributed by atoms with Crippen molar-refractivity contribution in [1.82, 2.24) is 5.32 Å². The molecule has 0 aromatic heterocycles. The molecule has 2 rings (SSSR count). The number of hydrogen-bond donors (Lipinski definition) is 3. The Balaban J connectivity index is 0.000000270. The highest BCUT2D eigenvalue weighted by Gasteiger charge is 2.30. The van der Waals surface area contributed by atoms with Gasteiger partial charge in [0, 0.05) is 18.7 Å². The summed E-state index contributed by atoms with van der Waals surface area (Å²) in [5, 5.41) is 21.1. The zero-order valence-electron chi connectivity index (χ0n) is 17.3. The van der Waals surface area contributed by atoms with E-state index in [0.717, 1.165) is 12.1 Å². The van der Waals surface area contributed by atoms with E-state index < -0.39 is 23.5 Å². The Bertz CT molecular complexity index is 418. The number of aliphatic carboxylic acids is 1. The fourth-order valence-electron chi connectivity index (χ4n) is 3.72. The molecule has 0 unspecified atom stereocenters. The van der Waals surface area contributed by atoms with Crippen LogP contribution in [0.25, 0.3) is 0 Å². The first-order valence-corrected chi connectivity index (χ1v) is 10.6. The lowest BCUT2D eigenvalue weighted by atomic mass is 9.91. The highest BCUT2D eigenvalue weighted by molar-refractivity contribution is 5.94. The summed E-state index contributed by atoms with van der Waals surface area (Å²) in [4.78, 5) is 21.9. The lowest BCUT2D eigenvalue weighted by Crippen LogP contribution is -2.40. The van der Waals surface area contributed by atoms with Crippen molar-refractivity contribution < 1.29 is 24.5 Å². The number of carbonyl (C=O) groups excluding carboxylic acids is 1. The SMILES string of the molecule is C1CCC(NC2CCCCC2)CC1.CC(C)(C)OC(=O)[C@@H](CCO)C(=O)O. The molecule has 3 N–H and O–H groups in total. The normalized spacial score (nSPS) is 20.3. The third kappa shape index (κ3) is 10.7. The zero-order chi connectivity index (χ0) is 20.3. The molecule has 0 aromatic rings. The summed E-state index contributed by atoms with van der Waals surface area (Å²) < 4.78 is 4.88. The van der Waals surface area contributed by atoms with Crippen LogP contribution in [0.4, 0.5) is 0 Å². The van der Waals surface area contributed by atoms with Crippen LogP contribution in [0.15, 0.2) is 0 Å². The maximum atomic E-state index is 11.3. The standard InChI is InChI=1S/C12H23N.C9H16O5/c1-3-7-11(8-4-1)13-12-9-5-2-6-10-12;1-9(2,3)14-8(13)6(4-5-10)7(11)12/h11-13H,1-10H2;6,10H,4-5H2,1-3H3,(H,11,12)/t;6-/m.0/s1. The van der Waals surface area contributed by atoms with E-state index in [1.165, 1.54) is 64.2 Å². The first-order chi connectivity index (χ1) is 12.7. The van der Waals surface area contributed by atoms with Gasteiger partial charge >= 0.3 is 11.9 Å². The Labute approximate surface area is 164 Å². The number of aliphatic hydroxyl groups is 1. The van der Waals surface area contributed by atoms with Crippen LogP contribution in [0.2, 0.25) is 0 Å². The second-order valence-electron chi connectivity index (χ2n) is 8.77. The third-order valence-electron chi connectivity index (χ3n) is 5.09. The molecule has 0 aromatic carbocycles. The van der Waals surface area contributed by atoms with E-state index in [1.807, 2.05) is 0 Å². The molecule has 0 spiro atoms. The molecule has 2 aliphatic rings. The maximum Gasteiger partial charge on any atom is 0.320 e. The number of carbonyl (C=O) groups is 2. The number of rotatable bonds is 6. The molecule has 0 aliphatic heterocycles. The van der Waals surface area contributed by atoms with Crippen molar-refractivity contribution in [2.24, 2.45) is 5.92 Å². The minimum atomic E-state index is -1.28. The van der Waals surface area contributed by atoms with Crippen LogP contribution in [-0.2, 0) is 14.3 Å². The van der Waals surface area contributed by atoms with Crippen molar-refractivity contribution in [2.75, 3.05) is 6.61 Å². The lowest BCUT2D eigenvalue weighted by molar-refractivity contribution is -0.167. The molecule has 1 atom stereocenters. The Kier molecular flexibility index (Phi) is 10.9. The van der Waals surface area contributed by atoms with Crippen LogP contribution in [0, 0.1) is 5.92 Å². The first kappa shape index (κ1) is 23.9. The quantitative estimate of drug-likeness (QED) is 0.477. The lowest BCUT2D eigenvalue weighted by Gasteiger charge is -2.30. The molecule has 6 heteroatoms. The van der Waals surface area contributed by atoms with Crippen LogP contribution in [0.1, 0.15) is 91.4 Å². The molecule has 6 nitrogen and oxygen atoms in total. The van der Waals surface area contributed by atoms with Crippen molar-refractivity contribution in [3.05, 3.63) is 0 Å². The highest BCUT2D eigenvalue weighted by atomic mass is 16.6. The van der Waals surface area contributed by atoms with E-state index >= 15 is 0 Å². The molecule has 2 saturated carbocycles. The van der Waals surface area contributed by atoms with Crippen LogP contribution in [0.3, 0.4) is 0 Å². The Hall–Kier alpha value is -1.14. The zero-order valence-corrected chi connectivity index (χ0v) is 17.3. The summed E-state index contributed by atoms with van der Waals surface area (Å²) in [7, 11) is 0. The molecule has 27 heavy (non-hydrogen) atoms. The van der Waals surface area contributed by atoms with Gasteiger partial charge in [0.25, 0.3) is 0 Å². The number of nitrogens with one attached hydrogen (secondary N) is 1. The number of carboxylic acid groups (broad SMARTS) is 1. The predicted molar refractivity (Wildman–Crippen MR) is 106 cm³/mol. The largest absolute Gasteiger partial charge is 0.481 e. The summed E-state index contributed by atoms with van der Waals surface area (Å²) >= 11 is 0. The topological polar surface area (TPSA) is 95.9 Å². The van der Waals surface area contributed by atoms with E-state index in [0.29, 0.717) is 0 Å². The van der Waals surface area contributed by atoms with Gasteiger partial charge in [-0.2, -0.15) is 0 Å². The summed E-state index contributed by atoms with van der Waals surface area (Å²) in [6.45, 7) is 4.62. The van der Waals surface area contributed by atoms with Gasteiger partial charge in [0.15, 0.2) is 5.92 Å². The molecule has 0 heterocycles. The summed E-state index contributed by atoms with van der Waals surface area (Å²) in [6.07, 6.45) is 14.4. The number of carboxylic acids is 1. The Morgan fingerprint density at radius 2 is 1.41 bits per heavy atom. The van der Waals surface area contributed by atoms with Gasteiger partial charge in [-0.05, 0) is 52.9 Å². The Morgan fingerprint density at radius 1 is 0.963 bits per heavy atom. The Morgan fingerprint density at radius 3 is 1.74 bits per heavy atom. The molecule has 0 radical (unpaired) electrons. The third-order valence-corrected chi connectivity index (χ3v) is 5.09. The average Bonchev–Trinajstić information content (AvgIpc) is 2.60. The fraction of sp³-hybridized carbons (Fsp3) is 0.905. The molecule has 0 bridgehead atoms. The van der Waals surface area contributed by atoms with Crippen molar-refractivity contribution in [3.63, 3.8) is 0 Å². The minimum absolute atomic E-state index is 0.121. The van der Waals surface area contributed by atoms with E-state index in [4.69, 9.17) is 14.9 Å². The van der Waals surface area contributed by atoms with Crippen LogP contribution in [0.5, 0.6) is 0 Å². The number of aliphatic hydroxyl groups excluding tert-OH is 1. The van der Waals surface area contributed by atoms with Gasteiger partial charge in [-0.1, -0.05) is 38.5 Å². The molecular weight excluding hydrogens is 346 g/mol. The first-order valence-electron chi connectivity index (χ1n) is 10.6. The fourth-order valence-corrected chi connectivity index (χ4v) is 3.72. The number of hydrogen-bond acceptors (Lipinski definition) is 5. The molecule has 2 fully saturated rings. The van der Waals surface area contributed by atoms with Gasteiger partial charge in [-0.25, -0.2) is 0 Å². The van der Waals surface area contributed by atoms with Crippen molar-refractivity contribution in [2.45, 2.75) is 109 Å². The van der Waals surface area contributed by atoms with Crippen LogP contribution < -0.4 is 5.32 Å². The van der Waals surface area contributed by atoms with Crippen molar-refractivity contribution >= 4 is 11.9 Å². The van der Waals surface area contributed by atoms with Crippen molar-refractivity contribution in [1.29, 1.82) is 0 Å². The van der Waals surface area contributed by atoms with E-state index in [-0.39, 0.29) is 13.0 Å². The van der Waals surface area contributed by atoms with E-state index in [9.17, 15) is 9.59 Å². The molecular formula is C21H39NO5. The van der Waals surface area contributed by atoms with Gasteiger partial charge < -0.3 is 20.3 Å². The van der Waals surface area contributed by atoms with Gasteiger partial charge in [0.2, 0.25) is 0 Å². The molecule has 0 saturated heterocycles. The van der Waals surface area contributed by atoms with Crippen molar-refractivity contribution in [3.8, 4) is 0 Å². The van der Waals surface area contributed by atoms with Gasteiger partial charge in [-0.3, -0.25) is 9.59 Å². The molecule has 0 amide bonds. The average molecular weight is 386 g/mol. The molecule has 158 valence electrons. The van der Waals surface area contributed by atoms with Gasteiger partial charge in [-0.15, -0.1) is 0 Å². The van der Waals surface area contributed by atoms with Gasteiger partial charge in [0.1, 0.15) is 5.60 Å². The van der Waals surface area contributed by atoms with Crippen LogP contribution in [-0.4, -0.2) is 46.4 Å². The second kappa shape index (κ2) is 12.3. The smallest absolute Gasteiger partial charge is 0.320 e. The second-order valence-corrected chi connectivity index (χ2v) is 8.77. The maximum absolute atomic E-state index is 11.3.